The first-order valence-corrected chi connectivity index (χ1v) is 18.0. The largest absolute Gasteiger partial charge is 0.496 e. The van der Waals surface area contributed by atoms with Crippen molar-refractivity contribution in [3.05, 3.63) is 69.6 Å². The van der Waals surface area contributed by atoms with Gasteiger partial charge in [0.25, 0.3) is 0 Å². The summed E-state index contributed by atoms with van der Waals surface area (Å²) in [6.45, 7) is 5.93. The topological polar surface area (TPSA) is 156 Å². The number of rotatable bonds is 9. The number of benzene rings is 2. The van der Waals surface area contributed by atoms with Crippen LogP contribution < -0.4 is 19.5 Å². The number of allylic oxidation sites excluding steroid dienone is 3. The number of H-pyrrole nitrogens is 1. The number of carbonyl (C=O) groups is 3. The maximum atomic E-state index is 13.5. The van der Waals surface area contributed by atoms with E-state index in [1.807, 2.05) is 37.4 Å². The number of hydrogen-bond donors (Lipinski definition) is 4. The quantitative estimate of drug-likeness (QED) is 0.173. The van der Waals surface area contributed by atoms with Gasteiger partial charge in [-0.3, -0.25) is 9.59 Å². The Hall–Kier alpha value is -4.45. The average Bonchev–Trinajstić information content (AvgIpc) is 3.81. The molecule has 2 aromatic carbocycles. The molecule has 0 amide bonds. The van der Waals surface area contributed by atoms with E-state index in [-0.39, 0.29) is 53.8 Å². The van der Waals surface area contributed by atoms with Gasteiger partial charge in [0.1, 0.15) is 34.7 Å². The van der Waals surface area contributed by atoms with E-state index in [1.165, 1.54) is 7.11 Å². The van der Waals surface area contributed by atoms with E-state index in [2.05, 4.69) is 17.2 Å². The number of esters is 1. The summed E-state index contributed by atoms with van der Waals surface area (Å²) >= 11 is 0. The maximum absolute atomic E-state index is 13.5. The molecular weight excluding hydrogens is 652 g/mol. The Labute approximate surface area is 297 Å². The monoisotopic (exact) mass is 698 g/mol. The third-order valence-electron chi connectivity index (χ3n) is 11.4. The number of fused-ring (bicyclic) bond motifs is 3. The highest BCUT2D eigenvalue weighted by Gasteiger charge is 2.49. The number of aldehydes is 1. The first-order valence-electron chi connectivity index (χ1n) is 18.0. The Morgan fingerprint density at radius 1 is 1.16 bits per heavy atom. The van der Waals surface area contributed by atoms with E-state index in [9.17, 15) is 24.6 Å². The van der Waals surface area contributed by atoms with Gasteiger partial charge in [-0.05, 0) is 87.6 Å². The van der Waals surface area contributed by atoms with Gasteiger partial charge < -0.3 is 39.5 Å². The van der Waals surface area contributed by atoms with Crippen molar-refractivity contribution >= 4 is 34.5 Å². The molecular formula is C40H46N2O9. The Kier molecular flexibility index (Phi) is 9.56. The molecule has 51 heavy (non-hydrogen) atoms. The van der Waals surface area contributed by atoms with Crippen molar-refractivity contribution in [2.75, 3.05) is 20.3 Å². The molecule has 1 aliphatic carbocycles. The molecule has 11 heteroatoms. The number of methoxy groups -OCH3 is 1. The molecule has 0 bridgehead atoms. The first kappa shape index (κ1) is 35.0. The van der Waals surface area contributed by atoms with Gasteiger partial charge in [0, 0.05) is 47.7 Å². The van der Waals surface area contributed by atoms with Crippen LogP contribution in [0.2, 0.25) is 0 Å². The van der Waals surface area contributed by atoms with Gasteiger partial charge in [-0.1, -0.05) is 18.6 Å². The predicted molar refractivity (Wildman–Crippen MR) is 190 cm³/mol. The van der Waals surface area contributed by atoms with E-state index >= 15 is 0 Å². The first-order chi connectivity index (χ1) is 24.6. The number of nitrogens with one attached hydrogen (secondary N) is 2. The summed E-state index contributed by atoms with van der Waals surface area (Å²) in [7, 11) is 1.52. The lowest BCUT2D eigenvalue weighted by molar-refractivity contribution is -0.141. The molecule has 7 rings (SSSR count). The van der Waals surface area contributed by atoms with Crippen LogP contribution in [-0.4, -0.2) is 71.2 Å². The third-order valence-corrected chi connectivity index (χ3v) is 11.4. The number of carbonyl (C=O) groups excluding carboxylic acids is 3. The second-order valence-corrected chi connectivity index (χ2v) is 14.2. The fourth-order valence-corrected chi connectivity index (χ4v) is 8.60. The number of hydrogen-bond acceptors (Lipinski definition) is 10. The maximum Gasteiger partial charge on any atom is 0.375 e. The summed E-state index contributed by atoms with van der Waals surface area (Å²) in [6, 6.07) is 8.16. The molecule has 0 unspecified atom stereocenters. The predicted octanol–water partition coefficient (Wildman–Crippen LogP) is 5.20. The number of ether oxygens (including phenoxy) is 4. The minimum Gasteiger partial charge on any atom is -0.496 e. The highest BCUT2D eigenvalue weighted by Crippen LogP contribution is 2.57. The van der Waals surface area contributed by atoms with Crippen LogP contribution in [-0.2, 0) is 32.1 Å². The van der Waals surface area contributed by atoms with Gasteiger partial charge >= 0.3 is 5.97 Å². The van der Waals surface area contributed by atoms with Crippen LogP contribution in [0.1, 0.15) is 87.5 Å². The summed E-state index contributed by atoms with van der Waals surface area (Å²) in [5, 5.41) is 27.5. The van der Waals surface area contributed by atoms with Gasteiger partial charge in [0.05, 0.1) is 37.0 Å². The number of piperidine rings is 1. The molecule has 1 aromatic heterocycles. The van der Waals surface area contributed by atoms with Crippen LogP contribution >= 0.6 is 0 Å². The smallest absolute Gasteiger partial charge is 0.375 e. The van der Waals surface area contributed by atoms with Gasteiger partial charge in [-0.2, -0.15) is 0 Å². The second-order valence-electron chi connectivity index (χ2n) is 14.2. The molecule has 1 saturated carbocycles. The van der Waals surface area contributed by atoms with Crippen LogP contribution in [0.3, 0.4) is 0 Å². The number of aliphatic hydroxyl groups is 2. The zero-order valence-corrected chi connectivity index (χ0v) is 29.6. The van der Waals surface area contributed by atoms with Crippen LogP contribution in [0.15, 0.2) is 47.4 Å². The van der Waals surface area contributed by atoms with Crippen molar-refractivity contribution < 1.29 is 43.5 Å². The van der Waals surface area contributed by atoms with Crippen molar-refractivity contribution in [3.63, 3.8) is 0 Å². The molecule has 0 radical (unpaired) electrons. The Balaban J connectivity index is 1.39. The zero-order chi connectivity index (χ0) is 36.0. The van der Waals surface area contributed by atoms with Crippen molar-refractivity contribution in [2.24, 2.45) is 5.92 Å². The fourth-order valence-electron chi connectivity index (χ4n) is 8.60. The highest BCUT2D eigenvalue weighted by molar-refractivity contribution is 6.11. The molecule has 270 valence electrons. The van der Waals surface area contributed by atoms with E-state index in [0.29, 0.717) is 53.4 Å². The molecule has 4 heterocycles. The summed E-state index contributed by atoms with van der Waals surface area (Å²) in [5.41, 5.74) is 3.15. The Bertz CT molecular complexity index is 1950. The summed E-state index contributed by atoms with van der Waals surface area (Å²) < 4.78 is 24.3. The number of ketones is 1. The van der Waals surface area contributed by atoms with Crippen LogP contribution in [0.4, 0.5) is 0 Å². The zero-order valence-electron chi connectivity index (χ0n) is 29.6. The normalized spacial score (nSPS) is 25.8. The Morgan fingerprint density at radius 2 is 1.98 bits per heavy atom. The molecule has 2 fully saturated rings. The van der Waals surface area contributed by atoms with Gasteiger partial charge in [0.15, 0.2) is 6.29 Å². The van der Waals surface area contributed by atoms with Crippen molar-refractivity contribution in [2.45, 2.75) is 96.0 Å². The van der Waals surface area contributed by atoms with Gasteiger partial charge in [-0.25, -0.2) is 4.79 Å². The van der Waals surface area contributed by atoms with Crippen LogP contribution in [0.5, 0.6) is 17.2 Å². The molecule has 5 atom stereocenters. The summed E-state index contributed by atoms with van der Waals surface area (Å²) in [4.78, 5) is 43.2. The van der Waals surface area contributed by atoms with Gasteiger partial charge in [-0.15, -0.1) is 0 Å². The van der Waals surface area contributed by atoms with Crippen LogP contribution in [0, 0.1) is 5.92 Å². The lowest BCUT2D eigenvalue weighted by atomic mass is 9.74. The van der Waals surface area contributed by atoms with Crippen LogP contribution in [0.25, 0.3) is 16.5 Å². The second kappa shape index (κ2) is 13.9. The standard InChI is InChI=1S/C40H46N2O9/c1-5-25-17-24(12-14-41-25)40(3,47)32-18-27-35(50-32)29(20-44)37-34(36(27)48-4)33(28(19-43)38(51-37)39(46)49-6-2)23-8-10-31(45)26(16-23)21-7-9-30-22(15-21)11-13-42-30/h7,9,11,13,15,19,24-26,32,41-42,44,47H,5-6,8,10,12,14,16-18,20H2,1-4H3/t24-,25-,26-,32+,40-/m1/s1. The summed E-state index contributed by atoms with van der Waals surface area (Å²) in [5.74, 6) is -0.729. The van der Waals surface area contributed by atoms with Crippen molar-refractivity contribution in [3.8, 4) is 17.2 Å². The molecule has 4 aliphatic rings. The SMILES string of the molecule is CCOC(=O)C1=C(C=O)C(=C2CCC(=O)[C@@H](c3ccc4[nH]ccc4c3)C2)c2c(OC)c3c(c(CO)c2O1)O[C@H]([C@](C)(O)[C@@H]1CCN[C@H](CC)C1)C3. The summed E-state index contributed by atoms with van der Waals surface area (Å²) in [6.07, 6.45) is 5.48. The third kappa shape index (κ3) is 5.94. The molecule has 3 aromatic rings. The van der Waals surface area contributed by atoms with Gasteiger partial charge in [0.2, 0.25) is 5.76 Å². The number of aliphatic hydroxyl groups excluding tert-OH is 1. The average molecular weight is 699 g/mol. The molecule has 0 spiro atoms. The molecule has 3 aliphatic heterocycles. The molecule has 11 nitrogen and oxygen atoms in total. The lowest BCUT2D eigenvalue weighted by Gasteiger charge is -2.41. The van der Waals surface area contributed by atoms with E-state index < -0.39 is 30.2 Å². The van der Waals surface area contributed by atoms with Crippen molar-refractivity contribution in [1.82, 2.24) is 10.3 Å². The highest BCUT2D eigenvalue weighted by atomic mass is 16.6. The molecule has 1 saturated heterocycles. The molecule has 4 N–H and O–H groups in total. The minimum atomic E-state index is -1.21. The number of Topliss-reactive ketones (excluding diaryl/α,β-unsaturated/α-hetero) is 1. The van der Waals surface area contributed by atoms with E-state index in [1.54, 1.807) is 6.92 Å². The Morgan fingerprint density at radius 3 is 2.71 bits per heavy atom. The van der Waals surface area contributed by atoms with Crippen molar-refractivity contribution in [1.29, 1.82) is 0 Å². The van der Waals surface area contributed by atoms with E-state index in [0.717, 1.165) is 47.8 Å². The van der Waals surface area contributed by atoms with E-state index in [4.69, 9.17) is 18.9 Å². The number of aromatic nitrogens is 1. The lowest BCUT2D eigenvalue weighted by Crippen LogP contribution is -2.53. The fraction of sp³-hybridized carbons (Fsp3) is 0.475. The minimum absolute atomic E-state index is 0.00458. The number of aromatic amines is 1.